The highest BCUT2D eigenvalue weighted by molar-refractivity contribution is 7.87. The van der Waals surface area contributed by atoms with Crippen LogP contribution in [0, 0.1) is 11.8 Å². The van der Waals surface area contributed by atoms with Crippen molar-refractivity contribution in [2.75, 3.05) is 7.11 Å². The van der Waals surface area contributed by atoms with E-state index in [1.807, 2.05) is 6.92 Å². The van der Waals surface area contributed by atoms with E-state index in [9.17, 15) is 22.4 Å². The summed E-state index contributed by atoms with van der Waals surface area (Å²) in [6.45, 7) is 1.83. The number of aromatic nitrogens is 1. The van der Waals surface area contributed by atoms with Gasteiger partial charge in [-0.25, -0.2) is 4.98 Å². The highest BCUT2D eigenvalue weighted by Gasteiger charge is 2.32. The first-order chi connectivity index (χ1) is 14.6. The van der Waals surface area contributed by atoms with Gasteiger partial charge in [0, 0.05) is 16.8 Å². The minimum absolute atomic E-state index is 0.206. The van der Waals surface area contributed by atoms with Gasteiger partial charge in [-0.05, 0) is 55.0 Å². The van der Waals surface area contributed by atoms with Crippen molar-refractivity contribution in [2.24, 2.45) is 0 Å². The number of hydrogen-bond donors (Lipinski definition) is 2. The Bertz CT molecular complexity index is 1320. The van der Waals surface area contributed by atoms with Gasteiger partial charge >= 0.3 is 0 Å². The van der Waals surface area contributed by atoms with Gasteiger partial charge in [-0.2, -0.15) is 8.42 Å². The number of ether oxygens (including phenoxy) is 1. The molecule has 1 heterocycles. The van der Waals surface area contributed by atoms with Crippen LogP contribution < -0.4 is 15.5 Å². The van der Waals surface area contributed by atoms with E-state index in [0.717, 1.165) is 11.6 Å². The van der Waals surface area contributed by atoms with Crippen molar-refractivity contribution in [3.63, 3.8) is 0 Å². The molecule has 0 aliphatic rings. The van der Waals surface area contributed by atoms with Crippen LogP contribution in [0.25, 0.3) is 0 Å². The van der Waals surface area contributed by atoms with Gasteiger partial charge in [-0.3, -0.25) is 9.12 Å². The zero-order valence-corrected chi connectivity index (χ0v) is 18.5. The summed E-state index contributed by atoms with van der Waals surface area (Å²) in [5.41, 5.74) is 1.49. The molecule has 3 rings (SSSR count). The molecule has 0 bridgehead atoms. The molecule has 0 fully saturated rings. The molecular formula is C22H20NO6PS. The summed E-state index contributed by atoms with van der Waals surface area (Å²) in [4.78, 5) is 14.4. The Hall–Kier alpha value is -2.95. The molecule has 0 amide bonds. The molecule has 2 aromatic carbocycles. The Morgan fingerprint density at radius 1 is 1.03 bits per heavy atom. The van der Waals surface area contributed by atoms with Crippen LogP contribution in [-0.4, -0.2) is 30.0 Å². The Balaban J connectivity index is 2.09. The van der Waals surface area contributed by atoms with Gasteiger partial charge in [0.25, 0.3) is 17.5 Å². The van der Waals surface area contributed by atoms with Gasteiger partial charge in [0.2, 0.25) is 0 Å². The predicted molar refractivity (Wildman–Crippen MR) is 118 cm³/mol. The van der Waals surface area contributed by atoms with Gasteiger partial charge in [0.05, 0.1) is 12.4 Å². The molecule has 1 atom stereocenters. The van der Waals surface area contributed by atoms with Crippen molar-refractivity contribution in [1.82, 2.24) is 4.98 Å². The van der Waals surface area contributed by atoms with E-state index in [2.05, 4.69) is 16.8 Å². The number of methoxy groups -OCH3 is 1. The third-order valence-electron chi connectivity index (χ3n) is 4.45. The average molecular weight is 457 g/mol. The third-order valence-corrected chi connectivity index (χ3v) is 7.40. The summed E-state index contributed by atoms with van der Waals surface area (Å²) in [6, 6.07) is 15.2. The number of nitrogens with zero attached hydrogens (tertiary/aromatic N) is 1. The molecule has 31 heavy (non-hydrogen) atoms. The normalized spacial score (nSPS) is 13.0. The first kappa shape index (κ1) is 22.7. The number of rotatable bonds is 5. The summed E-state index contributed by atoms with van der Waals surface area (Å²) >= 11 is 0. The third kappa shape index (κ3) is 5.22. The van der Waals surface area contributed by atoms with E-state index in [1.54, 1.807) is 37.4 Å². The van der Waals surface area contributed by atoms with Crippen LogP contribution in [0.15, 0.2) is 65.6 Å². The maximum absolute atomic E-state index is 13.3. The van der Waals surface area contributed by atoms with Crippen LogP contribution >= 0.6 is 7.37 Å². The van der Waals surface area contributed by atoms with Crippen LogP contribution in [-0.2, 0) is 21.1 Å². The lowest BCUT2D eigenvalue weighted by Crippen LogP contribution is -2.24. The van der Waals surface area contributed by atoms with E-state index < -0.39 is 27.7 Å². The largest absolute Gasteiger partial charge is 0.497 e. The molecule has 7 nitrogen and oxygen atoms in total. The second-order valence-electron chi connectivity index (χ2n) is 6.56. The van der Waals surface area contributed by atoms with Crippen LogP contribution in [0.5, 0.6) is 5.75 Å². The van der Waals surface area contributed by atoms with E-state index in [1.165, 1.54) is 24.3 Å². The van der Waals surface area contributed by atoms with Crippen LogP contribution in [0.4, 0.5) is 0 Å². The number of pyridine rings is 1. The van der Waals surface area contributed by atoms with E-state index in [-0.39, 0.29) is 5.44 Å². The molecule has 2 N–H and O–H groups in total. The Kier molecular flexibility index (Phi) is 6.63. The molecule has 0 saturated carbocycles. The lowest BCUT2D eigenvalue weighted by Gasteiger charge is -2.15. The highest BCUT2D eigenvalue weighted by atomic mass is 32.2. The molecular weight excluding hydrogens is 437 g/mol. The van der Waals surface area contributed by atoms with E-state index >= 15 is 0 Å². The summed E-state index contributed by atoms with van der Waals surface area (Å²) in [6.07, 6.45) is 0.477. The van der Waals surface area contributed by atoms with Crippen molar-refractivity contribution in [2.45, 2.75) is 18.2 Å². The van der Waals surface area contributed by atoms with E-state index in [0.29, 0.717) is 23.4 Å². The lowest BCUT2D eigenvalue weighted by molar-refractivity contribution is 0.415. The molecule has 9 heteroatoms. The Morgan fingerprint density at radius 3 is 2.29 bits per heavy atom. The summed E-state index contributed by atoms with van der Waals surface area (Å²) in [7, 11) is -7.57. The minimum atomic E-state index is -4.70. The molecule has 1 aromatic heterocycles. The van der Waals surface area contributed by atoms with Crippen LogP contribution in [0.3, 0.4) is 0 Å². The number of aryl methyl sites for hydroxylation is 1. The zero-order chi connectivity index (χ0) is 22.6. The maximum atomic E-state index is 13.3. The van der Waals surface area contributed by atoms with Gasteiger partial charge in [0.15, 0.2) is 0 Å². The predicted octanol–water partition coefficient (Wildman–Crippen LogP) is 2.52. The van der Waals surface area contributed by atoms with Gasteiger partial charge in [0.1, 0.15) is 16.1 Å². The van der Waals surface area contributed by atoms with Crippen LogP contribution in [0.2, 0.25) is 0 Å². The fourth-order valence-corrected chi connectivity index (χ4v) is 5.63. The first-order valence-corrected chi connectivity index (χ1v) is 12.3. The fourth-order valence-electron chi connectivity index (χ4n) is 2.85. The average Bonchev–Trinajstić information content (AvgIpc) is 2.77. The summed E-state index contributed by atoms with van der Waals surface area (Å²) in [5.74, 6) is 6.63. The highest BCUT2D eigenvalue weighted by Crippen LogP contribution is 2.39. The fraction of sp³-hybridized carbons (Fsp3) is 0.136. The van der Waals surface area contributed by atoms with Crippen molar-refractivity contribution in [3.8, 4) is 17.6 Å². The monoisotopic (exact) mass is 457 g/mol. The second kappa shape index (κ2) is 9.04. The second-order valence-corrected chi connectivity index (χ2v) is 10.0. The summed E-state index contributed by atoms with van der Waals surface area (Å²) < 4.78 is 51.3. The van der Waals surface area contributed by atoms with Gasteiger partial charge in [-0.1, -0.05) is 30.9 Å². The molecule has 3 aromatic rings. The van der Waals surface area contributed by atoms with Crippen LogP contribution in [0.1, 0.15) is 23.7 Å². The van der Waals surface area contributed by atoms with Crippen molar-refractivity contribution < 1.29 is 27.2 Å². The molecule has 0 spiro atoms. The Labute approximate surface area is 181 Å². The molecule has 1 unspecified atom stereocenters. The number of benzene rings is 2. The molecule has 160 valence electrons. The Morgan fingerprint density at radius 2 is 1.68 bits per heavy atom. The molecule has 0 aliphatic carbocycles. The number of hydrogen-bond acceptors (Lipinski definition) is 5. The van der Waals surface area contributed by atoms with Crippen molar-refractivity contribution >= 4 is 28.2 Å². The lowest BCUT2D eigenvalue weighted by atomic mass is 10.1. The summed E-state index contributed by atoms with van der Waals surface area (Å²) in [5, 5.41) is -0.410. The zero-order valence-electron chi connectivity index (χ0n) is 16.8. The minimum Gasteiger partial charge on any atom is -0.497 e. The topological polar surface area (TPSA) is 114 Å². The first-order valence-electron chi connectivity index (χ1n) is 9.22. The van der Waals surface area contributed by atoms with Crippen molar-refractivity contribution in [3.05, 3.63) is 77.5 Å². The smallest absolute Gasteiger partial charge is 0.295 e. The van der Waals surface area contributed by atoms with Gasteiger partial charge in [-0.15, -0.1) is 0 Å². The SMILES string of the molecule is CCc1cc(C#Cc2ccc(OC)cc2)cc(P(=O)(O)c2ccccc2S(=O)(=O)O)n1. The quantitative estimate of drug-likeness (QED) is 0.344. The molecule has 0 saturated heterocycles. The molecule has 0 radical (unpaired) electrons. The molecule has 0 aliphatic heterocycles. The van der Waals surface area contributed by atoms with Gasteiger partial charge < -0.3 is 9.63 Å². The standard InChI is InChI=1S/C22H20NO6PS/c1-3-18-14-17(9-8-16-10-12-19(29-2)13-11-16)15-22(23-18)30(24,25)20-6-4-5-7-21(20)31(26,27)28/h4-7,10-15H,3H2,1-2H3,(H,24,25)(H,26,27,28). The maximum Gasteiger partial charge on any atom is 0.295 e. The van der Waals surface area contributed by atoms with E-state index in [4.69, 9.17) is 4.74 Å². The van der Waals surface area contributed by atoms with Crippen molar-refractivity contribution in [1.29, 1.82) is 0 Å².